The maximum atomic E-state index is 5.68. The highest BCUT2D eigenvalue weighted by Crippen LogP contribution is 2.01. The molecule has 12 heavy (non-hydrogen) atoms. The highest BCUT2D eigenvalue weighted by atomic mass is 15.1. The molecular formula is C10H24N2. The minimum atomic E-state index is 0.357. The molecule has 0 rings (SSSR count). The molecule has 0 amide bonds. The third-order valence-corrected chi connectivity index (χ3v) is 2.24. The third kappa shape index (κ3) is 5.56. The SMILES string of the molecule is CCN(CCCC(C)N)C(C)C. The Morgan fingerprint density at radius 2 is 1.83 bits per heavy atom. The summed E-state index contributed by atoms with van der Waals surface area (Å²) in [6.07, 6.45) is 2.37. The van der Waals surface area contributed by atoms with Gasteiger partial charge in [0.2, 0.25) is 0 Å². The van der Waals surface area contributed by atoms with E-state index in [0.29, 0.717) is 12.1 Å². The van der Waals surface area contributed by atoms with Gasteiger partial charge in [-0.05, 0) is 46.7 Å². The van der Waals surface area contributed by atoms with Crippen LogP contribution in [0.3, 0.4) is 0 Å². The monoisotopic (exact) mass is 172 g/mol. The predicted molar refractivity (Wildman–Crippen MR) is 55.3 cm³/mol. The molecule has 0 aromatic carbocycles. The van der Waals surface area contributed by atoms with Crippen molar-refractivity contribution in [3.05, 3.63) is 0 Å². The first-order valence-electron chi connectivity index (χ1n) is 5.07. The highest BCUT2D eigenvalue weighted by molar-refractivity contribution is 4.62. The van der Waals surface area contributed by atoms with Gasteiger partial charge in [0.15, 0.2) is 0 Å². The maximum Gasteiger partial charge on any atom is 0.00384 e. The van der Waals surface area contributed by atoms with Crippen LogP contribution in [0.25, 0.3) is 0 Å². The van der Waals surface area contributed by atoms with Crippen molar-refractivity contribution in [1.29, 1.82) is 0 Å². The van der Waals surface area contributed by atoms with Gasteiger partial charge in [-0.15, -0.1) is 0 Å². The number of rotatable bonds is 6. The van der Waals surface area contributed by atoms with Crippen molar-refractivity contribution in [3.8, 4) is 0 Å². The molecule has 0 aromatic rings. The second-order valence-corrected chi connectivity index (χ2v) is 3.84. The molecule has 0 spiro atoms. The van der Waals surface area contributed by atoms with Gasteiger partial charge >= 0.3 is 0 Å². The van der Waals surface area contributed by atoms with Gasteiger partial charge in [0.05, 0.1) is 0 Å². The van der Waals surface area contributed by atoms with E-state index in [0.717, 1.165) is 13.0 Å². The first kappa shape index (κ1) is 11.9. The van der Waals surface area contributed by atoms with E-state index in [-0.39, 0.29) is 0 Å². The molecule has 1 unspecified atom stereocenters. The molecule has 2 N–H and O–H groups in total. The van der Waals surface area contributed by atoms with Crippen molar-refractivity contribution in [1.82, 2.24) is 4.90 Å². The molecule has 0 aromatic heterocycles. The number of hydrogen-bond acceptors (Lipinski definition) is 2. The Morgan fingerprint density at radius 3 is 2.17 bits per heavy atom. The molecular weight excluding hydrogens is 148 g/mol. The second kappa shape index (κ2) is 6.44. The minimum Gasteiger partial charge on any atom is -0.328 e. The lowest BCUT2D eigenvalue weighted by Crippen LogP contribution is -2.32. The minimum absolute atomic E-state index is 0.357. The molecule has 0 heterocycles. The van der Waals surface area contributed by atoms with E-state index in [9.17, 15) is 0 Å². The quantitative estimate of drug-likeness (QED) is 0.662. The Morgan fingerprint density at radius 1 is 1.25 bits per heavy atom. The number of nitrogens with two attached hydrogens (primary N) is 1. The van der Waals surface area contributed by atoms with Crippen molar-refractivity contribution in [3.63, 3.8) is 0 Å². The molecule has 0 aliphatic heterocycles. The third-order valence-electron chi connectivity index (χ3n) is 2.24. The zero-order valence-electron chi connectivity index (χ0n) is 9.01. The molecule has 2 heteroatoms. The summed E-state index contributed by atoms with van der Waals surface area (Å²) in [4.78, 5) is 2.47. The lowest BCUT2D eigenvalue weighted by atomic mass is 10.2. The first-order chi connectivity index (χ1) is 5.57. The fourth-order valence-electron chi connectivity index (χ4n) is 1.40. The van der Waals surface area contributed by atoms with E-state index in [2.05, 4.69) is 32.6 Å². The molecule has 0 saturated heterocycles. The normalized spacial score (nSPS) is 14.2. The van der Waals surface area contributed by atoms with Crippen LogP contribution < -0.4 is 5.73 Å². The molecule has 0 aliphatic rings. The molecule has 0 saturated carbocycles. The standard InChI is InChI=1S/C10H24N2/c1-5-12(9(2)3)8-6-7-10(4)11/h9-10H,5-8,11H2,1-4H3. The predicted octanol–water partition coefficient (Wildman–Crippen LogP) is 1.84. The zero-order chi connectivity index (χ0) is 9.56. The average molecular weight is 172 g/mol. The Hall–Kier alpha value is -0.0800. The summed E-state index contributed by atoms with van der Waals surface area (Å²) in [5, 5.41) is 0. The van der Waals surface area contributed by atoms with Crippen LogP contribution in [0.2, 0.25) is 0 Å². The van der Waals surface area contributed by atoms with Crippen molar-refractivity contribution >= 4 is 0 Å². The summed E-state index contributed by atoms with van der Waals surface area (Å²) in [5.41, 5.74) is 5.68. The van der Waals surface area contributed by atoms with Gasteiger partial charge in [-0.25, -0.2) is 0 Å². The largest absolute Gasteiger partial charge is 0.328 e. The van der Waals surface area contributed by atoms with Crippen LogP contribution in [-0.2, 0) is 0 Å². The smallest absolute Gasteiger partial charge is 0.00384 e. The number of nitrogens with zero attached hydrogens (tertiary/aromatic N) is 1. The number of hydrogen-bond donors (Lipinski definition) is 1. The van der Waals surface area contributed by atoms with Gasteiger partial charge in [-0.3, -0.25) is 0 Å². The molecule has 0 fully saturated rings. The lowest BCUT2D eigenvalue weighted by Gasteiger charge is -2.24. The molecule has 0 radical (unpaired) electrons. The maximum absolute atomic E-state index is 5.68. The Balaban J connectivity index is 3.45. The van der Waals surface area contributed by atoms with E-state index < -0.39 is 0 Å². The summed E-state index contributed by atoms with van der Waals surface area (Å²) in [6.45, 7) is 11.1. The van der Waals surface area contributed by atoms with Crippen LogP contribution in [0, 0.1) is 0 Å². The van der Waals surface area contributed by atoms with Crippen molar-refractivity contribution in [2.24, 2.45) is 5.73 Å². The average Bonchev–Trinajstić information content (AvgIpc) is 1.96. The Kier molecular flexibility index (Phi) is 6.39. The summed E-state index contributed by atoms with van der Waals surface area (Å²) in [6, 6.07) is 1.03. The van der Waals surface area contributed by atoms with E-state index in [4.69, 9.17) is 5.73 Å². The zero-order valence-corrected chi connectivity index (χ0v) is 9.01. The topological polar surface area (TPSA) is 29.3 Å². The summed E-state index contributed by atoms with van der Waals surface area (Å²) >= 11 is 0. The van der Waals surface area contributed by atoms with Gasteiger partial charge in [-0.2, -0.15) is 0 Å². The van der Waals surface area contributed by atoms with E-state index in [1.54, 1.807) is 0 Å². The van der Waals surface area contributed by atoms with Gasteiger partial charge in [0.1, 0.15) is 0 Å². The summed E-state index contributed by atoms with van der Waals surface area (Å²) < 4.78 is 0. The van der Waals surface area contributed by atoms with Crippen molar-refractivity contribution in [2.75, 3.05) is 13.1 Å². The summed E-state index contributed by atoms with van der Waals surface area (Å²) in [7, 11) is 0. The van der Waals surface area contributed by atoms with E-state index in [1.165, 1.54) is 13.0 Å². The van der Waals surface area contributed by atoms with Gasteiger partial charge in [0.25, 0.3) is 0 Å². The van der Waals surface area contributed by atoms with E-state index >= 15 is 0 Å². The Labute approximate surface area is 77.1 Å². The van der Waals surface area contributed by atoms with Gasteiger partial charge in [0, 0.05) is 12.1 Å². The van der Waals surface area contributed by atoms with Crippen molar-refractivity contribution < 1.29 is 0 Å². The van der Waals surface area contributed by atoms with Crippen LogP contribution in [0.5, 0.6) is 0 Å². The van der Waals surface area contributed by atoms with Gasteiger partial charge < -0.3 is 10.6 Å². The summed E-state index contributed by atoms with van der Waals surface area (Å²) in [5.74, 6) is 0. The fourth-order valence-corrected chi connectivity index (χ4v) is 1.40. The van der Waals surface area contributed by atoms with Crippen molar-refractivity contribution in [2.45, 2.75) is 52.6 Å². The van der Waals surface area contributed by atoms with Crippen LogP contribution in [0.4, 0.5) is 0 Å². The Bertz CT molecular complexity index is 100. The van der Waals surface area contributed by atoms with Crippen LogP contribution in [0.15, 0.2) is 0 Å². The van der Waals surface area contributed by atoms with Crippen LogP contribution in [0.1, 0.15) is 40.5 Å². The molecule has 2 nitrogen and oxygen atoms in total. The molecule has 1 atom stereocenters. The van der Waals surface area contributed by atoms with Crippen LogP contribution >= 0.6 is 0 Å². The lowest BCUT2D eigenvalue weighted by molar-refractivity contribution is 0.227. The van der Waals surface area contributed by atoms with Gasteiger partial charge in [-0.1, -0.05) is 6.92 Å². The fraction of sp³-hybridized carbons (Fsp3) is 1.00. The second-order valence-electron chi connectivity index (χ2n) is 3.84. The first-order valence-corrected chi connectivity index (χ1v) is 5.07. The molecule has 0 bridgehead atoms. The highest BCUT2D eigenvalue weighted by Gasteiger charge is 2.05. The van der Waals surface area contributed by atoms with Crippen LogP contribution in [-0.4, -0.2) is 30.1 Å². The van der Waals surface area contributed by atoms with E-state index in [1.807, 2.05) is 0 Å². The molecule has 74 valence electrons. The molecule has 0 aliphatic carbocycles.